The van der Waals surface area contributed by atoms with Crippen molar-refractivity contribution in [3.05, 3.63) is 64.9 Å². The van der Waals surface area contributed by atoms with Crippen LogP contribution in [0.15, 0.2) is 48.7 Å². The normalized spacial score (nSPS) is 17.4. The average molecular weight is 562 g/mol. The molecule has 0 radical (unpaired) electrons. The molecule has 3 aromatic rings. The Morgan fingerprint density at radius 2 is 1.92 bits per heavy atom. The molecule has 2 fully saturated rings. The van der Waals surface area contributed by atoms with Crippen LogP contribution in [0.5, 0.6) is 5.88 Å². The summed E-state index contributed by atoms with van der Waals surface area (Å²) in [7, 11) is 0. The number of nitrogens with zero attached hydrogens (tertiary/aromatic N) is 5. The number of carboxylic acid groups (broad SMARTS) is 1. The molecule has 13 heteroatoms. The number of halogens is 4. The standard InChI is InChI=1S/C26H23ClF3N5O4/c1-2-39-23-17(4-3-9-31-23)19-6-8-21(22(32-19)24(36)37)33-10-11-34-16(13-33)14-35(25(34)38)20-7-5-15(27)12-18(20)26(28,29)30/h3-9,12,16H,2,10-11,13-14H2,1H3,(H,36,37)/t16-/m0/s1. The van der Waals surface area contributed by atoms with E-state index in [1.54, 1.807) is 35.4 Å². The molecule has 0 aliphatic carbocycles. The number of alkyl halides is 3. The summed E-state index contributed by atoms with van der Waals surface area (Å²) >= 11 is 5.80. The van der Waals surface area contributed by atoms with Gasteiger partial charge in [-0.1, -0.05) is 11.6 Å². The predicted octanol–water partition coefficient (Wildman–Crippen LogP) is 5.04. The number of pyridine rings is 2. The number of anilines is 2. The third-order valence-electron chi connectivity index (χ3n) is 6.65. The largest absolute Gasteiger partial charge is 0.477 e. The number of carbonyl (C=O) groups excluding carboxylic acids is 1. The lowest BCUT2D eigenvalue weighted by molar-refractivity contribution is -0.137. The summed E-state index contributed by atoms with van der Waals surface area (Å²) in [6.07, 6.45) is -3.13. The molecule has 1 aromatic carbocycles. The Labute approximate surface area is 226 Å². The van der Waals surface area contributed by atoms with Crippen molar-refractivity contribution in [3.8, 4) is 17.1 Å². The van der Waals surface area contributed by atoms with Crippen molar-refractivity contribution in [2.45, 2.75) is 19.1 Å². The van der Waals surface area contributed by atoms with Crippen LogP contribution in [0.4, 0.5) is 29.3 Å². The summed E-state index contributed by atoms with van der Waals surface area (Å²) in [5.74, 6) is -0.911. The topological polar surface area (TPSA) is 99.1 Å². The van der Waals surface area contributed by atoms with E-state index in [0.717, 1.165) is 11.0 Å². The highest BCUT2D eigenvalue weighted by atomic mass is 35.5. The fraction of sp³-hybridized carbons (Fsp3) is 0.308. The smallest absolute Gasteiger partial charge is 0.418 e. The number of benzene rings is 1. The molecule has 0 unspecified atom stereocenters. The van der Waals surface area contributed by atoms with Gasteiger partial charge in [0.05, 0.1) is 40.8 Å². The molecule has 1 N–H and O–H groups in total. The third kappa shape index (κ3) is 5.03. The SMILES string of the molecule is CCOc1ncccc1-c1ccc(N2CCN3C(=O)N(c4ccc(Cl)cc4C(F)(F)F)C[C@@H]3C2)c(C(=O)O)n1. The molecular weight excluding hydrogens is 539 g/mol. The maximum absolute atomic E-state index is 13.7. The Balaban J connectivity index is 1.43. The van der Waals surface area contributed by atoms with Gasteiger partial charge in [-0.3, -0.25) is 4.90 Å². The van der Waals surface area contributed by atoms with Crippen molar-refractivity contribution in [1.82, 2.24) is 14.9 Å². The van der Waals surface area contributed by atoms with Gasteiger partial charge in [-0.05, 0) is 49.4 Å². The van der Waals surface area contributed by atoms with Gasteiger partial charge in [0.25, 0.3) is 0 Å². The first kappa shape index (κ1) is 26.5. The second-order valence-corrected chi connectivity index (χ2v) is 9.44. The highest BCUT2D eigenvalue weighted by Crippen LogP contribution is 2.40. The van der Waals surface area contributed by atoms with Crippen LogP contribution in [-0.2, 0) is 6.18 Å². The number of hydrogen-bond donors (Lipinski definition) is 1. The number of aromatic nitrogens is 2. The fourth-order valence-corrected chi connectivity index (χ4v) is 5.12. The second-order valence-electron chi connectivity index (χ2n) is 9.00. The first-order valence-electron chi connectivity index (χ1n) is 12.1. The molecule has 1 atom stereocenters. The molecule has 0 spiro atoms. The molecule has 2 aliphatic rings. The zero-order valence-electron chi connectivity index (χ0n) is 20.7. The number of hydrogen-bond acceptors (Lipinski definition) is 6. The monoisotopic (exact) mass is 561 g/mol. The van der Waals surface area contributed by atoms with Gasteiger partial charge in [0, 0.05) is 37.4 Å². The van der Waals surface area contributed by atoms with Gasteiger partial charge in [-0.25, -0.2) is 19.6 Å². The van der Waals surface area contributed by atoms with Gasteiger partial charge >= 0.3 is 18.2 Å². The van der Waals surface area contributed by atoms with Crippen LogP contribution in [0.1, 0.15) is 23.0 Å². The van der Waals surface area contributed by atoms with Crippen LogP contribution in [-0.4, -0.2) is 70.8 Å². The Morgan fingerprint density at radius 1 is 1.15 bits per heavy atom. The lowest BCUT2D eigenvalue weighted by Gasteiger charge is -2.38. The first-order chi connectivity index (χ1) is 18.6. The molecular formula is C26H23ClF3N5O4. The summed E-state index contributed by atoms with van der Waals surface area (Å²) in [4.78, 5) is 38.3. The van der Waals surface area contributed by atoms with Crippen LogP contribution in [0, 0.1) is 0 Å². The van der Waals surface area contributed by atoms with Gasteiger partial charge in [0.1, 0.15) is 0 Å². The van der Waals surface area contributed by atoms with Crippen LogP contribution < -0.4 is 14.5 Å². The van der Waals surface area contributed by atoms with Crippen molar-refractivity contribution < 1.29 is 32.6 Å². The molecule has 39 heavy (non-hydrogen) atoms. The van der Waals surface area contributed by atoms with Gasteiger partial charge in [0.2, 0.25) is 5.88 Å². The lowest BCUT2D eigenvalue weighted by Crippen LogP contribution is -2.52. The number of ether oxygens (including phenoxy) is 1. The molecule has 2 aliphatic heterocycles. The number of amides is 2. The minimum Gasteiger partial charge on any atom is -0.477 e. The van der Waals surface area contributed by atoms with Crippen molar-refractivity contribution in [1.29, 1.82) is 0 Å². The number of carboxylic acids is 1. The lowest BCUT2D eigenvalue weighted by atomic mass is 10.1. The van der Waals surface area contributed by atoms with Gasteiger partial charge < -0.3 is 19.6 Å². The first-order valence-corrected chi connectivity index (χ1v) is 12.5. The number of aromatic carboxylic acids is 1. The minimum absolute atomic E-state index is 0.00135. The Bertz CT molecular complexity index is 1440. The van der Waals surface area contributed by atoms with Crippen molar-refractivity contribution in [3.63, 3.8) is 0 Å². The number of piperazine rings is 1. The number of carbonyl (C=O) groups is 2. The zero-order valence-corrected chi connectivity index (χ0v) is 21.4. The van der Waals surface area contributed by atoms with Crippen LogP contribution >= 0.6 is 11.6 Å². The van der Waals surface area contributed by atoms with Crippen molar-refractivity contribution in [2.24, 2.45) is 0 Å². The molecule has 0 saturated carbocycles. The van der Waals surface area contributed by atoms with Crippen LogP contribution in [0.25, 0.3) is 11.3 Å². The zero-order chi connectivity index (χ0) is 27.9. The third-order valence-corrected chi connectivity index (χ3v) is 6.89. The quantitative estimate of drug-likeness (QED) is 0.450. The Hall–Kier alpha value is -4.06. The van der Waals surface area contributed by atoms with E-state index in [1.807, 2.05) is 6.92 Å². The average Bonchev–Trinajstić information content (AvgIpc) is 3.23. The van der Waals surface area contributed by atoms with E-state index in [2.05, 4.69) is 9.97 Å². The summed E-state index contributed by atoms with van der Waals surface area (Å²) in [6, 6.07) is 9.04. The predicted molar refractivity (Wildman–Crippen MR) is 137 cm³/mol. The number of rotatable bonds is 6. The number of urea groups is 1. The summed E-state index contributed by atoms with van der Waals surface area (Å²) in [5, 5.41) is 9.88. The van der Waals surface area contributed by atoms with E-state index in [0.29, 0.717) is 29.4 Å². The van der Waals surface area contributed by atoms with Crippen LogP contribution in [0.2, 0.25) is 5.02 Å². The van der Waals surface area contributed by atoms with Crippen LogP contribution in [0.3, 0.4) is 0 Å². The maximum Gasteiger partial charge on any atom is 0.418 e. The van der Waals surface area contributed by atoms with Gasteiger partial charge in [-0.2, -0.15) is 13.2 Å². The van der Waals surface area contributed by atoms with E-state index in [-0.39, 0.29) is 42.6 Å². The molecule has 5 rings (SSSR count). The molecule has 2 amide bonds. The van der Waals surface area contributed by atoms with E-state index < -0.39 is 29.8 Å². The second kappa shape index (κ2) is 10.3. The Morgan fingerprint density at radius 3 is 2.64 bits per heavy atom. The maximum atomic E-state index is 13.7. The van der Waals surface area contributed by atoms with Gasteiger partial charge in [-0.15, -0.1) is 0 Å². The molecule has 204 valence electrons. The Kier molecular flexibility index (Phi) is 6.98. The van der Waals surface area contributed by atoms with Crippen molar-refractivity contribution in [2.75, 3.05) is 42.6 Å². The highest BCUT2D eigenvalue weighted by Gasteiger charge is 2.45. The van der Waals surface area contributed by atoms with Gasteiger partial charge in [0.15, 0.2) is 5.69 Å². The minimum atomic E-state index is -4.70. The number of fused-ring (bicyclic) bond motifs is 1. The molecule has 0 bridgehead atoms. The molecule has 9 nitrogen and oxygen atoms in total. The fourth-order valence-electron chi connectivity index (χ4n) is 4.95. The van der Waals surface area contributed by atoms with E-state index >= 15 is 0 Å². The summed E-state index contributed by atoms with van der Waals surface area (Å²) < 4.78 is 46.7. The van der Waals surface area contributed by atoms with Crippen molar-refractivity contribution >= 4 is 35.0 Å². The van der Waals surface area contributed by atoms with E-state index in [1.165, 1.54) is 17.0 Å². The van der Waals surface area contributed by atoms with E-state index in [4.69, 9.17) is 16.3 Å². The molecule has 2 aromatic heterocycles. The molecule has 2 saturated heterocycles. The summed E-state index contributed by atoms with van der Waals surface area (Å²) in [6.45, 7) is 2.88. The molecule has 4 heterocycles. The van der Waals surface area contributed by atoms with E-state index in [9.17, 15) is 27.9 Å². The highest BCUT2D eigenvalue weighted by molar-refractivity contribution is 6.30. The summed E-state index contributed by atoms with van der Waals surface area (Å²) in [5.41, 5.74) is -0.187.